The molecule has 0 radical (unpaired) electrons. The van der Waals surface area contributed by atoms with E-state index in [1.165, 1.54) is 12.1 Å². The summed E-state index contributed by atoms with van der Waals surface area (Å²) in [5, 5.41) is 9.53. The Hall–Kier alpha value is -2.38. The minimum atomic E-state index is -3.84. The number of hydrogen-bond donors (Lipinski definition) is 2. The smallest absolute Gasteiger partial charge is 0.337 e. The first-order chi connectivity index (χ1) is 12.4. The summed E-state index contributed by atoms with van der Waals surface area (Å²) >= 11 is 0. The van der Waals surface area contributed by atoms with Crippen LogP contribution in [0.1, 0.15) is 41.7 Å². The summed E-state index contributed by atoms with van der Waals surface area (Å²) in [5.74, 6) is -1.12. The van der Waals surface area contributed by atoms with Crippen LogP contribution in [0.25, 0.3) is 0 Å². The SMILES string of the molecule is CC(NS(=O)(=O)c1ccc(N2CCCC2)c(C(=O)O)c1)c1ccccc1. The molecule has 1 aliphatic heterocycles. The van der Waals surface area contributed by atoms with E-state index in [4.69, 9.17) is 0 Å². The van der Waals surface area contributed by atoms with Crippen molar-refractivity contribution < 1.29 is 18.3 Å². The first-order valence-corrected chi connectivity index (χ1v) is 10.1. The van der Waals surface area contributed by atoms with Gasteiger partial charge in [-0.05, 0) is 43.5 Å². The van der Waals surface area contributed by atoms with E-state index < -0.39 is 22.0 Å². The summed E-state index contributed by atoms with van der Waals surface area (Å²) in [4.78, 5) is 13.6. The number of anilines is 1. The molecule has 0 saturated carbocycles. The van der Waals surface area contributed by atoms with Crippen LogP contribution >= 0.6 is 0 Å². The molecule has 2 N–H and O–H groups in total. The van der Waals surface area contributed by atoms with Crippen molar-refractivity contribution in [2.24, 2.45) is 0 Å². The summed E-state index contributed by atoms with van der Waals surface area (Å²) in [5.41, 5.74) is 1.43. The Labute approximate surface area is 153 Å². The minimum absolute atomic E-state index is 0.0159. The number of aromatic carboxylic acids is 1. The average Bonchev–Trinajstić information content (AvgIpc) is 3.16. The van der Waals surface area contributed by atoms with Crippen molar-refractivity contribution in [2.75, 3.05) is 18.0 Å². The van der Waals surface area contributed by atoms with Gasteiger partial charge in [-0.15, -0.1) is 0 Å². The highest BCUT2D eigenvalue weighted by molar-refractivity contribution is 7.89. The van der Waals surface area contributed by atoms with Crippen molar-refractivity contribution in [3.8, 4) is 0 Å². The zero-order valence-corrected chi connectivity index (χ0v) is 15.4. The third-order valence-corrected chi connectivity index (χ3v) is 6.13. The average molecular weight is 374 g/mol. The van der Waals surface area contributed by atoms with Gasteiger partial charge in [-0.2, -0.15) is 0 Å². The van der Waals surface area contributed by atoms with Crippen LogP contribution < -0.4 is 9.62 Å². The van der Waals surface area contributed by atoms with Crippen molar-refractivity contribution in [3.05, 3.63) is 59.7 Å². The number of nitrogens with one attached hydrogen (secondary N) is 1. The number of sulfonamides is 1. The van der Waals surface area contributed by atoms with Crippen LogP contribution in [0.15, 0.2) is 53.4 Å². The zero-order chi connectivity index (χ0) is 18.7. The molecule has 0 aromatic heterocycles. The normalized spacial score (nSPS) is 15.8. The van der Waals surface area contributed by atoms with Crippen LogP contribution in [0, 0.1) is 0 Å². The van der Waals surface area contributed by atoms with Crippen LogP contribution in [-0.4, -0.2) is 32.6 Å². The predicted molar refractivity (Wildman–Crippen MR) is 100 cm³/mol. The van der Waals surface area contributed by atoms with E-state index in [1.54, 1.807) is 13.0 Å². The van der Waals surface area contributed by atoms with E-state index in [0.717, 1.165) is 31.5 Å². The maximum absolute atomic E-state index is 12.7. The van der Waals surface area contributed by atoms with Gasteiger partial charge in [-0.3, -0.25) is 0 Å². The molecule has 138 valence electrons. The summed E-state index contributed by atoms with van der Waals surface area (Å²) in [7, 11) is -3.84. The van der Waals surface area contributed by atoms with Gasteiger partial charge in [-0.1, -0.05) is 30.3 Å². The molecule has 26 heavy (non-hydrogen) atoms. The number of nitrogens with zero attached hydrogens (tertiary/aromatic N) is 1. The Morgan fingerprint density at radius 1 is 1.12 bits per heavy atom. The first kappa shape index (κ1) is 18.4. The van der Waals surface area contributed by atoms with Crippen LogP contribution in [0.4, 0.5) is 5.69 Å². The van der Waals surface area contributed by atoms with Crippen LogP contribution in [-0.2, 0) is 10.0 Å². The van der Waals surface area contributed by atoms with Gasteiger partial charge in [0.15, 0.2) is 0 Å². The number of carbonyl (C=O) groups is 1. The van der Waals surface area contributed by atoms with E-state index >= 15 is 0 Å². The quantitative estimate of drug-likeness (QED) is 0.812. The molecule has 1 fully saturated rings. The number of benzene rings is 2. The largest absolute Gasteiger partial charge is 0.478 e. The fourth-order valence-corrected chi connectivity index (χ4v) is 4.46. The molecule has 2 aromatic carbocycles. The lowest BCUT2D eigenvalue weighted by Gasteiger charge is -2.21. The second-order valence-corrected chi connectivity index (χ2v) is 8.15. The first-order valence-electron chi connectivity index (χ1n) is 8.58. The van der Waals surface area contributed by atoms with Crippen molar-refractivity contribution in [2.45, 2.75) is 30.7 Å². The molecule has 0 spiro atoms. The van der Waals surface area contributed by atoms with E-state index in [-0.39, 0.29) is 10.5 Å². The summed E-state index contributed by atoms with van der Waals surface area (Å²) in [6, 6.07) is 13.1. The number of rotatable bonds is 6. The molecule has 1 saturated heterocycles. The van der Waals surface area contributed by atoms with Crippen LogP contribution in [0.3, 0.4) is 0 Å². The number of hydrogen-bond acceptors (Lipinski definition) is 4. The van der Waals surface area contributed by atoms with Crippen LogP contribution in [0.5, 0.6) is 0 Å². The highest BCUT2D eigenvalue weighted by atomic mass is 32.2. The van der Waals surface area contributed by atoms with Crippen molar-refractivity contribution >= 4 is 21.7 Å². The fraction of sp³-hybridized carbons (Fsp3) is 0.316. The molecule has 6 nitrogen and oxygen atoms in total. The van der Waals surface area contributed by atoms with E-state index in [1.807, 2.05) is 35.2 Å². The summed E-state index contributed by atoms with van der Waals surface area (Å²) in [6.07, 6.45) is 2.02. The maximum atomic E-state index is 12.7. The molecule has 3 rings (SSSR count). The van der Waals surface area contributed by atoms with Gasteiger partial charge in [0.2, 0.25) is 10.0 Å². The summed E-state index contributed by atoms with van der Waals surface area (Å²) in [6.45, 7) is 3.33. The minimum Gasteiger partial charge on any atom is -0.478 e. The Balaban J connectivity index is 1.90. The molecule has 2 aromatic rings. The molecule has 1 heterocycles. The third kappa shape index (κ3) is 3.89. The van der Waals surface area contributed by atoms with Crippen LogP contribution in [0.2, 0.25) is 0 Å². The van der Waals surface area contributed by atoms with E-state index in [0.29, 0.717) is 5.69 Å². The lowest BCUT2D eigenvalue weighted by Crippen LogP contribution is -2.27. The third-order valence-electron chi connectivity index (χ3n) is 4.59. The summed E-state index contributed by atoms with van der Waals surface area (Å²) < 4.78 is 28.0. The van der Waals surface area contributed by atoms with Gasteiger partial charge < -0.3 is 10.0 Å². The van der Waals surface area contributed by atoms with Crippen molar-refractivity contribution in [1.82, 2.24) is 4.72 Å². The zero-order valence-electron chi connectivity index (χ0n) is 14.6. The lowest BCUT2D eigenvalue weighted by molar-refractivity contribution is 0.0697. The fourth-order valence-electron chi connectivity index (χ4n) is 3.20. The van der Waals surface area contributed by atoms with Crippen molar-refractivity contribution in [1.29, 1.82) is 0 Å². The van der Waals surface area contributed by atoms with Gasteiger partial charge >= 0.3 is 5.97 Å². The monoisotopic (exact) mass is 374 g/mol. The molecule has 1 atom stereocenters. The van der Waals surface area contributed by atoms with Gasteiger partial charge in [0, 0.05) is 19.1 Å². The second kappa shape index (κ2) is 7.47. The highest BCUT2D eigenvalue weighted by Gasteiger charge is 2.24. The molecular weight excluding hydrogens is 352 g/mol. The maximum Gasteiger partial charge on any atom is 0.337 e. The molecule has 0 aliphatic carbocycles. The Morgan fingerprint density at radius 3 is 2.38 bits per heavy atom. The standard InChI is InChI=1S/C19H22N2O4S/c1-14(15-7-3-2-4-8-15)20-26(24,25)16-9-10-18(17(13-16)19(22)23)21-11-5-6-12-21/h2-4,7-10,13-14,20H,5-6,11-12H2,1H3,(H,22,23). The second-order valence-electron chi connectivity index (χ2n) is 6.43. The Morgan fingerprint density at radius 2 is 1.77 bits per heavy atom. The predicted octanol–water partition coefficient (Wildman–Crippen LogP) is 3.02. The highest BCUT2D eigenvalue weighted by Crippen LogP contribution is 2.28. The van der Waals surface area contributed by atoms with Gasteiger partial charge in [0.1, 0.15) is 0 Å². The Bertz CT molecular complexity index is 891. The molecule has 7 heteroatoms. The molecular formula is C19H22N2O4S. The number of carboxylic acids is 1. The molecule has 0 bridgehead atoms. The molecule has 0 amide bonds. The lowest BCUT2D eigenvalue weighted by atomic mass is 10.1. The van der Waals surface area contributed by atoms with Gasteiger partial charge in [-0.25, -0.2) is 17.9 Å². The Kier molecular flexibility index (Phi) is 5.29. The molecule has 1 aliphatic rings. The van der Waals surface area contributed by atoms with Crippen molar-refractivity contribution in [3.63, 3.8) is 0 Å². The van der Waals surface area contributed by atoms with E-state index in [2.05, 4.69) is 4.72 Å². The van der Waals surface area contributed by atoms with Gasteiger partial charge in [0.05, 0.1) is 16.1 Å². The number of carboxylic acid groups (broad SMARTS) is 1. The van der Waals surface area contributed by atoms with E-state index in [9.17, 15) is 18.3 Å². The topological polar surface area (TPSA) is 86.7 Å². The van der Waals surface area contributed by atoms with Gasteiger partial charge in [0.25, 0.3) is 0 Å². The molecule has 1 unspecified atom stereocenters.